The van der Waals surface area contributed by atoms with Crippen molar-refractivity contribution in [2.45, 2.75) is 32.6 Å². The molecule has 1 rings (SSSR count). The monoisotopic (exact) mass is 214 g/mol. The summed E-state index contributed by atoms with van der Waals surface area (Å²) in [5.41, 5.74) is 5.52. The van der Waals surface area contributed by atoms with Crippen molar-refractivity contribution in [3.05, 3.63) is 10.7 Å². The molecule has 3 N–H and O–H groups in total. The molecular weight excluding hydrogens is 200 g/mol. The van der Waals surface area contributed by atoms with Crippen LogP contribution in [0.15, 0.2) is 0 Å². The first-order valence-corrected chi connectivity index (χ1v) is 5.45. The van der Waals surface area contributed by atoms with Crippen LogP contribution in [0.25, 0.3) is 0 Å². The van der Waals surface area contributed by atoms with Crippen molar-refractivity contribution in [2.24, 2.45) is 0 Å². The Morgan fingerprint density at radius 3 is 2.79 bits per heavy atom. The zero-order valence-corrected chi connectivity index (χ0v) is 8.93. The van der Waals surface area contributed by atoms with Crippen LogP contribution in [0.2, 0.25) is 0 Å². The third-order valence-electron chi connectivity index (χ3n) is 1.89. The minimum atomic E-state index is -1.04. The molecule has 0 saturated carbocycles. The maximum atomic E-state index is 10.6. The molecule has 0 spiro atoms. The third-order valence-corrected chi connectivity index (χ3v) is 2.84. The van der Waals surface area contributed by atoms with E-state index in [4.69, 9.17) is 10.8 Å². The van der Waals surface area contributed by atoms with Gasteiger partial charge in [0.15, 0.2) is 5.69 Å². The molecular formula is C9H14N2O2S. The molecule has 1 aromatic rings. The van der Waals surface area contributed by atoms with E-state index >= 15 is 0 Å². The standard InChI is InChI=1S/C9H14N2O2S/c1-2-3-4-5-6-11-7(9(12)13)8(10)14-6/h2-5,10H2,1H3,(H,12,13). The molecule has 14 heavy (non-hydrogen) atoms. The number of nitrogen functional groups attached to an aromatic ring is 1. The van der Waals surface area contributed by atoms with Crippen LogP contribution >= 0.6 is 11.3 Å². The lowest BCUT2D eigenvalue weighted by molar-refractivity contribution is 0.0692. The number of hydrogen-bond donors (Lipinski definition) is 2. The number of nitrogens with zero attached hydrogens (tertiary/aromatic N) is 1. The van der Waals surface area contributed by atoms with E-state index in [0.717, 1.165) is 30.7 Å². The Balaban J connectivity index is 2.62. The van der Waals surface area contributed by atoms with Gasteiger partial charge in [-0.05, 0) is 12.8 Å². The second-order valence-electron chi connectivity index (χ2n) is 3.08. The smallest absolute Gasteiger partial charge is 0.357 e. The Kier molecular flexibility index (Phi) is 3.88. The Hall–Kier alpha value is -1.10. The molecule has 1 heterocycles. The third kappa shape index (κ3) is 2.70. The molecule has 0 fully saturated rings. The molecule has 0 saturated heterocycles. The first kappa shape index (κ1) is 11.0. The molecule has 0 bridgehead atoms. The molecule has 0 aromatic carbocycles. The average molecular weight is 214 g/mol. The largest absolute Gasteiger partial charge is 0.476 e. The van der Waals surface area contributed by atoms with E-state index in [9.17, 15) is 4.79 Å². The molecule has 4 nitrogen and oxygen atoms in total. The number of hydrogen-bond acceptors (Lipinski definition) is 4. The van der Waals surface area contributed by atoms with Crippen molar-refractivity contribution >= 4 is 22.3 Å². The number of thiazole rings is 1. The van der Waals surface area contributed by atoms with E-state index in [1.54, 1.807) is 0 Å². The van der Waals surface area contributed by atoms with Crippen LogP contribution in [0.5, 0.6) is 0 Å². The lowest BCUT2D eigenvalue weighted by atomic mass is 10.2. The van der Waals surface area contributed by atoms with E-state index in [0.29, 0.717) is 5.00 Å². The van der Waals surface area contributed by atoms with Crippen molar-refractivity contribution in [3.63, 3.8) is 0 Å². The van der Waals surface area contributed by atoms with Gasteiger partial charge in [-0.3, -0.25) is 0 Å². The number of rotatable bonds is 5. The number of carboxylic acids is 1. The molecule has 0 amide bonds. The zero-order chi connectivity index (χ0) is 10.6. The number of aromatic nitrogens is 1. The summed E-state index contributed by atoms with van der Waals surface area (Å²) < 4.78 is 0. The fourth-order valence-corrected chi connectivity index (χ4v) is 2.03. The number of aryl methyl sites for hydroxylation is 1. The van der Waals surface area contributed by atoms with Crippen molar-refractivity contribution < 1.29 is 9.90 Å². The number of nitrogens with two attached hydrogens (primary N) is 1. The minimum Gasteiger partial charge on any atom is -0.476 e. The van der Waals surface area contributed by atoms with Crippen molar-refractivity contribution in [1.29, 1.82) is 0 Å². The maximum absolute atomic E-state index is 10.6. The second kappa shape index (κ2) is 4.95. The highest BCUT2D eigenvalue weighted by atomic mass is 32.1. The predicted molar refractivity (Wildman–Crippen MR) is 56.7 cm³/mol. The Bertz CT molecular complexity index is 323. The summed E-state index contributed by atoms with van der Waals surface area (Å²) in [5.74, 6) is -1.04. The summed E-state index contributed by atoms with van der Waals surface area (Å²) >= 11 is 1.28. The Morgan fingerprint density at radius 1 is 1.57 bits per heavy atom. The van der Waals surface area contributed by atoms with Gasteiger partial charge in [0.2, 0.25) is 0 Å². The van der Waals surface area contributed by atoms with Crippen LogP contribution in [0.4, 0.5) is 5.00 Å². The number of aromatic carboxylic acids is 1. The minimum absolute atomic E-state index is 0.00139. The van der Waals surface area contributed by atoms with Crippen LogP contribution in [0.3, 0.4) is 0 Å². The van der Waals surface area contributed by atoms with Crippen LogP contribution in [0.1, 0.15) is 41.7 Å². The van der Waals surface area contributed by atoms with E-state index in [1.165, 1.54) is 11.3 Å². The van der Waals surface area contributed by atoms with Crippen molar-refractivity contribution in [2.75, 3.05) is 5.73 Å². The summed E-state index contributed by atoms with van der Waals surface area (Å²) in [4.78, 5) is 14.6. The van der Waals surface area contributed by atoms with Gasteiger partial charge in [0, 0.05) is 0 Å². The van der Waals surface area contributed by atoms with E-state index < -0.39 is 5.97 Å². The zero-order valence-electron chi connectivity index (χ0n) is 8.12. The highest BCUT2D eigenvalue weighted by Crippen LogP contribution is 2.22. The molecule has 0 atom stereocenters. The van der Waals surface area contributed by atoms with Gasteiger partial charge in [-0.1, -0.05) is 19.8 Å². The van der Waals surface area contributed by atoms with Gasteiger partial charge in [0.05, 0.1) is 5.01 Å². The highest BCUT2D eigenvalue weighted by molar-refractivity contribution is 7.15. The number of unbranched alkanes of at least 4 members (excludes halogenated alkanes) is 2. The number of carbonyl (C=O) groups is 1. The van der Waals surface area contributed by atoms with E-state index in [2.05, 4.69) is 11.9 Å². The summed E-state index contributed by atoms with van der Waals surface area (Å²) in [6.07, 6.45) is 4.16. The number of anilines is 1. The summed E-state index contributed by atoms with van der Waals surface area (Å²) in [7, 11) is 0. The molecule has 5 heteroatoms. The van der Waals surface area contributed by atoms with Gasteiger partial charge in [-0.2, -0.15) is 0 Å². The summed E-state index contributed by atoms with van der Waals surface area (Å²) in [6, 6.07) is 0. The maximum Gasteiger partial charge on any atom is 0.357 e. The predicted octanol–water partition coefficient (Wildman–Crippen LogP) is 2.16. The molecule has 0 aliphatic rings. The molecule has 78 valence electrons. The Morgan fingerprint density at radius 2 is 2.29 bits per heavy atom. The van der Waals surface area contributed by atoms with Crippen molar-refractivity contribution in [3.8, 4) is 0 Å². The molecule has 0 radical (unpaired) electrons. The van der Waals surface area contributed by atoms with E-state index in [1.807, 2.05) is 0 Å². The Labute approximate surface area is 86.8 Å². The average Bonchev–Trinajstić information content (AvgIpc) is 2.47. The first-order valence-electron chi connectivity index (χ1n) is 4.63. The second-order valence-corrected chi connectivity index (χ2v) is 4.20. The van der Waals surface area contributed by atoms with Gasteiger partial charge in [-0.15, -0.1) is 11.3 Å². The number of carboxylic acid groups (broad SMARTS) is 1. The normalized spacial score (nSPS) is 10.4. The van der Waals surface area contributed by atoms with Gasteiger partial charge in [0.25, 0.3) is 0 Å². The topological polar surface area (TPSA) is 76.2 Å². The van der Waals surface area contributed by atoms with Crippen LogP contribution in [-0.4, -0.2) is 16.1 Å². The summed E-state index contributed by atoms with van der Waals surface area (Å²) in [6.45, 7) is 2.12. The summed E-state index contributed by atoms with van der Waals surface area (Å²) in [5, 5.41) is 9.85. The SMILES string of the molecule is CCCCCc1nc(C(=O)O)c(N)s1. The van der Waals surface area contributed by atoms with Crippen LogP contribution in [0, 0.1) is 0 Å². The first-order chi connectivity index (χ1) is 6.65. The van der Waals surface area contributed by atoms with Gasteiger partial charge in [0.1, 0.15) is 5.00 Å². The lowest BCUT2D eigenvalue weighted by Gasteiger charge is -1.92. The fourth-order valence-electron chi connectivity index (χ4n) is 1.16. The molecule has 0 aliphatic heterocycles. The molecule has 0 aliphatic carbocycles. The lowest BCUT2D eigenvalue weighted by Crippen LogP contribution is -2.00. The molecule has 1 aromatic heterocycles. The van der Waals surface area contributed by atoms with Gasteiger partial charge in [-0.25, -0.2) is 9.78 Å². The quantitative estimate of drug-likeness (QED) is 0.736. The van der Waals surface area contributed by atoms with Crippen LogP contribution in [-0.2, 0) is 6.42 Å². The van der Waals surface area contributed by atoms with Gasteiger partial charge < -0.3 is 10.8 Å². The van der Waals surface area contributed by atoms with E-state index in [-0.39, 0.29) is 5.69 Å². The van der Waals surface area contributed by atoms with Gasteiger partial charge >= 0.3 is 5.97 Å². The van der Waals surface area contributed by atoms with Crippen LogP contribution < -0.4 is 5.73 Å². The highest BCUT2D eigenvalue weighted by Gasteiger charge is 2.14. The van der Waals surface area contributed by atoms with Crippen molar-refractivity contribution in [1.82, 2.24) is 4.98 Å². The molecule has 0 unspecified atom stereocenters. The fraction of sp³-hybridized carbons (Fsp3) is 0.556.